The molecule has 0 bridgehead atoms. The summed E-state index contributed by atoms with van der Waals surface area (Å²) in [4.78, 5) is 29.7. The first-order valence-electron chi connectivity index (χ1n) is 7.75. The number of hydrogen-bond donors (Lipinski definition) is 1. The van der Waals surface area contributed by atoms with E-state index in [1.54, 1.807) is 11.8 Å². The van der Waals surface area contributed by atoms with Crippen LogP contribution < -0.4 is 5.73 Å². The molecule has 0 spiro atoms. The normalized spacial score (nSPS) is 17.7. The zero-order valence-electron chi connectivity index (χ0n) is 13.4. The number of rotatable bonds is 4. The second-order valence-electron chi connectivity index (χ2n) is 5.67. The first kappa shape index (κ1) is 16.2. The molecule has 2 amide bonds. The Balaban J connectivity index is 1.71. The van der Waals surface area contributed by atoms with E-state index in [2.05, 4.69) is 4.98 Å². The summed E-state index contributed by atoms with van der Waals surface area (Å²) in [7, 11) is 0. The van der Waals surface area contributed by atoms with Crippen molar-refractivity contribution in [2.45, 2.75) is 19.4 Å². The van der Waals surface area contributed by atoms with Crippen LogP contribution in [-0.2, 0) is 20.7 Å². The Kier molecular flexibility index (Phi) is 4.61. The van der Waals surface area contributed by atoms with Crippen LogP contribution >= 0.6 is 0 Å². The van der Waals surface area contributed by atoms with E-state index in [1.165, 1.54) is 0 Å². The number of aromatic nitrogens is 1. The van der Waals surface area contributed by atoms with Crippen LogP contribution in [0.25, 0.3) is 11.5 Å². The van der Waals surface area contributed by atoms with Gasteiger partial charge in [0.2, 0.25) is 17.7 Å². The molecular weight excluding hydrogens is 310 g/mol. The molecule has 2 aromatic rings. The van der Waals surface area contributed by atoms with E-state index >= 15 is 0 Å². The first-order chi connectivity index (χ1) is 11.5. The summed E-state index contributed by atoms with van der Waals surface area (Å²) < 4.78 is 10.9. The van der Waals surface area contributed by atoms with E-state index in [0.29, 0.717) is 30.5 Å². The standard InChI is InChI=1S/C17H19N3O4/c1-11-13(19-17(24-11)12-5-3-2-4-6-12)9-15(21)20-7-8-23-14(10-20)16(18)22/h2-6,14H,7-10H2,1H3,(H2,18,22)/t14-/m0/s1. The Morgan fingerprint density at radius 3 is 2.79 bits per heavy atom. The van der Waals surface area contributed by atoms with Gasteiger partial charge in [0.1, 0.15) is 5.76 Å². The summed E-state index contributed by atoms with van der Waals surface area (Å²) in [6.45, 7) is 2.70. The van der Waals surface area contributed by atoms with E-state index in [0.717, 1.165) is 5.56 Å². The third-order valence-electron chi connectivity index (χ3n) is 3.97. The number of amides is 2. The lowest BCUT2D eigenvalue weighted by Crippen LogP contribution is -2.50. The molecule has 2 N–H and O–H groups in total. The first-order valence-corrected chi connectivity index (χ1v) is 7.75. The fraction of sp³-hybridized carbons (Fsp3) is 0.353. The van der Waals surface area contributed by atoms with Gasteiger partial charge in [-0.15, -0.1) is 0 Å². The molecule has 7 heteroatoms. The van der Waals surface area contributed by atoms with Crippen molar-refractivity contribution in [3.05, 3.63) is 41.8 Å². The molecule has 1 aliphatic heterocycles. The molecule has 0 aliphatic carbocycles. The lowest BCUT2D eigenvalue weighted by molar-refractivity contribution is -0.145. The number of nitrogens with two attached hydrogens (primary N) is 1. The molecule has 0 radical (unpaired) electrons. The van der Waals surface area contributed by atoms with E-state index in [1.807, 2.05) is 30.3 Å². The monoisotopic (exact) mass is 329 g/mol. The number of morpholine rings is 1. The maximum absolute atomic E-state index is 12.5. The van der Waals surface area contributed by atoms with E-state index in [9.17, 15) is 9.59 Å². The quantitative estimate of drug-likeness (QED) is 0.899. The van der Waals surface area contributed by atoms with Crippen LogP contribution in [0.1, 0.15) is 11.5 Å². The van der Waals surface area contributed by atoms with Crippen LogP contribution in [0.4, 0.5) is 0 Å². The van der Waals surface area contributed by atoms with E-state index in [-0.39, 0.29) is 18.9 Å². The molecule has 1 aromatic carbocycles. The molecule has 7 nitrogen and oxygen atoms in total. The van der Waals surface area contributed by atoms with E-state index < -0.39 is 12.0 Å². The lowest BCUT2D eigenvalue weighted by Gasteiger charge is -2.31. The van der Waals surface area contributed by atoms with Gasteiger partial charge in [-0.25, -0.2) is 4.98 Å². The zero-order chi connectivity index (χ0) is 17.1. The van der Waals surface area contributed by atoms with Gasteiger partial charge in [0.25, 0.3) is 0 Å². The molecule has 2 heterocycles. The molecule has 24 heavy (non-hydrogen) atoms. The topological polar surface area (TPSA) is 98.7 Å². The summed E-state index contributed by atoms with van der Waals surface area (Å²) in [5.41, 5.74) is 6.70. The minimum absolute atomic E-state index is 0.119. The fourth-order valence-electron chi connectivity index (χ4n) is 2.60. The molecule has 0 unspecified atom stereocenters. The Labute approximate surface area is 139 Å². The van der Waals surface area contributed by atoms with Gasteiger partial charge in [-0.2, -0.15) is 0 Å². The molecule has 1 aliphatic rings. The summed E-state index contributed by atoms with van der Waals surface area (Å²) in [5.74, 6) is 0.423. The number of primary amides is 1. The second-order valence-corrected chi connectivity index (χ2v) is 5.67. The predicted octanol–water partition coefficient (Wildman–Crippen LogP) is 0.905. The summed E-state index contributed by atoms with van der Waals surface area (Å²) in [6, 6.07) is 9.51. The van der Waals surface area contributed by atoms with Gasteiger partial charge in [0, 0.05) is 12.1 Å². The van der Waals surface area contributed by atoms with Crippen LogP contribution in [-0.4, -0.2) is 47.5 Å². The Morgan fingerprint density at radius 1 is 1.33 bits per heavy atom. The van der Waals surface area contributed by atoms with Gasteiger partial charge >= 0.3 is 0 Å². The molecule has 3 rings (SSSR count). The number of hydrogen-bond acceptors (Lipinski definition) is 5. The minimum Gasteiger partial charge on any atom is -0.441 e. The van der Waals surface area contributed by atoms with Crippen LogP contribution in [0.5, 0.6) is 0 Å². The molecule has 1 saturated heterocycles. The highest BCUT2D eigenvalue weighted by Gasteiger charge is 2.28. The van der Waals surface area contributed by atoms with Crippen LogP contribution in [0.3, 0.4) is 0 Å². The van der Waals surface area contributed by atoms with Crippen LogP contribution in [0.2, 0.25) is 0 Å². The van der Waals surface area contributed by atoms with Gasteiger partial charge in [-0.1, -0.05) is 18.2 Å². The summed E-state index contributed by atoms with van der Waals surface area (Å²) >= 11 is 0. The fourth-order valence-corrected chi connectivity index (χ4v) is 2.60. The Hall–Kier alpha value is -2.67. The summed E-state index contributed by atoms with van der Waals surface area (Å²) in [6.07, 6.45) is -0.630. The van der Waals surface area contributed by atoms with Crippen molar-refractivity contribution in [1.29, 1.82) is 0 Å². The average molecular weight is 329 g/mol. The smallest absolute Gasteiger partial charge is 0.248 e. The van der Waals surface area contributed by atoms with Crippen molar-refractivity contribution >= 4 is 11.8 Å². The number of ether oxygens (including phenoxy) is 1. The number of carbonyl (C=O) groups excluding carboxylic acids is 2. The molecule has 0 saturated carbocycles. The van der Waals surface area contributed by atoms with Crippen LogP contribution in [0.15, 0.2) is 34.7 Å². The maximum Gasteiger partial charge on any atom is 0.248 e. The summed E-state index contributed by atoms with van der Waals surface area (Å²) in [5, 5.41) is 0. The predicted molar refractivity (Wildman–Crippen MR) is 85.9 cm³/mol. The molecule has 1 aromatic heterocycles. The van der Waals surface area contributed by atoms with Crippen molar-refractivity contribution in [2.24, 2.45) is 5.73 Å². The Bertz CT molecular complexity index is 742. The van der Waals surface area contributed by atoms with Crippen molar-refractivity contribution < 1.29 is 18.7 Å². The van der Waals surface area contributed by atoms with Gasteiger partial charge in [0.05, 0.1) is 25.3 Å². The van der Waals surface area contributed by atoms with Crippen molar-refractivity contribution in [3.8, 4) is 11.5 Å². The van der Waals surface area contributed by atoms with Crippen molar-refractivity contribution in [3.63, 3.8) is 0 Å². The van der Waals surface area contributed by atoms with Gasteiger partial charge in [-0.05, 0) is 19.1 Å². The van der Waals surface area contributed by atoms with Gasteiger partial charge in [0.15, 0.2) is 6.10 Å². The van der Waals surface area contributed by atoms with E-state index in [4.69, 9.17) is 14.9 Å². The van der Waals surface area contributed by atoms with Crippen molar-refractivity contribution in [2.75, 3.05) is 19.7 Å². The maximum atomic E-state index is 12.5. The molecule has 1 atom stereocenters. The zero-order valence-corrected chi connectivity index (χ0v) is 13.4. The number of aryl methyl sites for hydroxylation is 1. The SMILES string of the molecule is Cc1oc(-c2ccccc2)nc1CC(=O)N1CCO[C@H](C(N)=O)C1. The van der Waals surface area contributed by atoms with Crippen LogP contribution in [0, 0.1) is 6.92 Å². The van der Waals surface area contributed by atoms with Gasteiger partial charge in [-0.3, -0.25) is 9.59 Å². The molecule has 126 valence electrons. The third-order valence-corrected chi connectivity index (χ3v) is 3.97. The number of benzene rings is 1. The largest absolute Gasteiger partial charge is 0.441 e. The Morgan fingerprint density at radius 2 is 2.08 bits per heavy atom. The number of nitrogens with zero attached hydrogens (tertiary/aromatic N) is 2. The van der Waals surface area contributed by atoms with Crippen molar-refractivity contribution in [1.82, 2.24) is 9.88 Å². The second kappa shape index (κ2) is 6.84. The lowest BCUT2D eigenvalue weighted by atomic mass is 10.2. The highest BCUT2D eigenvalue weighted by atomic mass is 16.5. The third kappa shape index (κ3) is 3.46. The molecular formula is C17H19N3O4. The highest BCUT2D eigenvalue weighted by Crippen LogP contribution is 2.22. The highest BCUT2D eigenvalue weighted by molar-refractivity contribution is 5.82. The minimum atomic E-state index is -0.749. The number of carbonyl (C=O) groups is 2. The number of oxazole rings is 1. The average Bonchev–Trinajstić information content (AvgIpc) is 2.96. The van der Waals surface area contributed by atoms with Gasteiger partial charge < -0.3 is 19.8 Å². The molecule has 1 fully saturated rings.